The normalized spacial score (nSPS) is 11.9. The second-order valence-corrected chi connectivity index (χ2v) is 5.50. The van der Waals surface area contributed by atoms with Crippen LogP contribution in [-0.4, -0.2) is 37.9 Å². The zero-order chi connectivity index (χ0) is 13.2. The van der Waals surface area contributed by atoms with Gasteiger partial charge >= 0.3 is 0 Å². The summed E-state index contributed by atoms with van der Waals surface area (Å²) in [4.78, 5) is 4.39. The minimum absolute atomic E-state index is 0.0911. The van der Waals surface area contributed by atoms with Crippen LogP contribution in [0.1, 0.15) is 0 Å². The van der Waals surface area contributed by atoms with Crippen LogP contribution in [0.5, 0.6) is 0 Å². The van der Waals surface area contributed by atoms with E-state index in [2.05, 4.69) is 10.3 Å². The molecule has 0 aliphatic heterocycles. The van der Waals surface area contributed by atoms with E-state index in [1.165, 1.54) is 0 Å². The number of aromatic nitrogens is 2. The van der Waals surface area contributed by atoms with Crippen LogP contribution in [0.15, 0.2) is 24.3 Å². The summed E-state index contributed by atoms with van der Waals surface area (Å²) in [5, 5.41) is 2.98. The van der Waals surface area contributed by atoms with Gasteiger partial charge in [-0.05, 0) is 12.1 Å². The molecule has 6 nitrogen and oxygen atoms in total. The maximum Gasteiger partial charge on any atom is 0.264 e. The van der Waals surface area contributed by atoms with Crippen LogP contribution in [0, 0.1) is 0 Å². The van der Waals surface area contributed by atoms with E-state index in [0.717, 1.165) is 17.3 Å². The number of nitrogens with one attached hydrogen (secondary N) is 1. The Morgan fingerprint density at radius 1 is 1.39 bits per heavy atom. The zero-order valence-corrected chi connectivity index (χ0v) is 11.1. The third-order valence-electron chi connectivity index (χ3n) is 2.49. The molecular weight excluding hydrogens is 254 g/mol. The van der Waals surface area contributed by atoms with Gasteiger partial charge in [0.15, 0.2) is 0 Å². The SMILES string of the molecule is CNc1nc2ccccc2n1CCOS(C)(=O)=O. The fourth-order valence-electron chi connectivity index (χ4n) is 1.77. The molecule has 0 fully saturated rings. The van der Waals surface area contributed by atoms with E-state index in [0.29, 0.717) is 12.5 Å². The lowest BCUT2D eigenvalue weighted by Gasteiger charge is -2.08. The largest absolute Gasteiger partial charge is 0.359 e. The molecule has 0 aliphatic carbocycles. The number of hydrogen-bond acceptors (Lipinski definition) is 5. The summed E-state index contributed by atoms with van der Waals surface area (Å²) in [7, 11) is -1.63. The van der Waals surface area contributed by atoms with E-state index >= 15 is 0 Å². The molecule has 1 N–H and O–H groups in total. The fourth-order valence-corrected chi connectivity index (χ4v) is 2.15. The number of para-hydroxylation sites is 2. The van der Waals surface area contributed by atoms with Gasteiger partial charge in [-0.15, -0.1) is 0 Å². The molecule has 0 bridgehead atoms. The maximum absolute atomic E-state index is 10.9. The van der Waals surface area contributed by atoms with Crippen molar-refractivity contribution in [1.29, 1.82) is 0 Å². The predicted octanol–water partition coefficient (Wildman–Crippen LogP) is 1.05. The lowest BCUT2D eigenvalue weighted by Crippen LogP contribution is -2.12. The molecule has 2 aromatic rings. The minimum Gasteiger partial charge on any atom is -0.359 e. The third kappa shape index (κ3) is 2.80. The van der Waals surface area contributed by atoms with Crippen molar-refractivity contribution in [2.75, 3.05) is 25.2 Å². The number of anilines is 1. The number of hydrogen-bond donors (Lipinski definition) is 1. The van der Waals surface area contributed by atoms with Crippen molar-refractivity contribution in [3.05, 3.63) is 24.3 Å². The van der Waals surface area contributed by atoms with E-state index in [1.807, 2.05) is 28.8 Å². The first-order valence-electron chi connectivity index (χ1n) is 5.48. The van der Waals surface area contributed by atoms with Gasteiger partial charge in [-0.1, -0.05) is 12.1 Å². The first kappa shape index (κ1) is 12.8. The van der Waals surface area contributed by atoms with Crippen molar-refractivity contribution in [2.24, 2.45) is 0 Å². The van der Waals surface area contributed by atoms with E-state index in [4.69, 9.17) is 4.18 Å². The predicted molar refractivity (Wildman–Crippen MR) is 70.1 cm³/mol. The molecule has 0 radical (unpaired) electrons. The highest BCUT2D eigenvalue weighted by molar-refractivity contribution is 7.85. The number of imidazole rings is 1. The molecule has 18 heavy (non-hydrogen) atoms. The quantitative estimate of drug-likeness (QED) is 0.821. The van der Waals surface area contributed by atoms with Gasteiger partial charge in [-0.3, -0.25) is 4.18 Å². The molecule has 0 atom stereocenters. The van der Waals surface area contributed by atoms with E-state index < -0.39 is 10.1 Å². The number of nitrogens with zero attached hydrogens (tertiary/aromatic N) is 2. The molecule has 98 valence electrons. The molecule has 0 saturated heterocycles. The van der Waals surface area contributed by atoms with Crippen LogP contribution < -0.4 is 5.32 Å². The highest BCUT2D eigenvalue weighted by Gasteiger charge is 2.09. The Bertz CT molecular complexity index is 649. The van der Waals surface area contributed by atoms with E-state index in [9.17, 15) is 8.42 Å². The summed E-state index contributed by atoms with van der Waals surface area (Å²) in [5.41, 5.74) is 1.81. The average molecular weight is 269 g/mol. The molecule has 1 aromatic heterocycles. The lowest BCUT2D eigenvalue weighted by atomic mass is 10.3. The second-order valence-electron chi connectivity index (χ2n) is 3.85. The van der Waals surface area contributed by atoms with Gasteiger partial charge < -0.3 is 9.88 Å². The van der Waals surface area contributed by atoms with Gasteiger partial charge in [0, 0.05) is 7.05 Å². The fraction of sp³-hybridized carbons (Fsp3) is 0.364. The highest BCUT2D eigenvalue weighted by Crippen LogP contribution is 2.18. The monoisotopic (exact) mass is 269 g/mol. The van der Waals surface area contributed by atoms with Crippen molar-refractivity contribution < 1.29 is 12.6 Å². The van der Waals surface area contributed by atoms with Gasteiger partial charge in [0.25, 0.3) is 10.1 Å². The van der Waals surface area contributed by atoms with Crippen molar-refractivity contribution in [2.45, 2.75) is 6.54 Å². The topological polar surface area (TPSA) is 73.2 Å². The zero-order valence-electron chi connectivity index (χ0n) is 10.3. The summed E-state index contributed by atoms with van der Waals surface area (Å²) >= 11 is 0. The van der Waals surface area contributed by atoms with Crippen LogP contribution in [0.2, 0.25) is 0 Å². The molecule has 1 aromatic carbocycles. The molecule has 0 saturated carbocycles. The molecule has 0 unspecified atom stereocenters. The van der Waals surface area contributed by atoms with Gasteiger partial charge in [-0.2, -0.15) is 8.42 Å². The van der Waals surface area contributed by atoms with Crippen molar-refractivity contribution >= 4 is 27.1 Å². The highest BCUT2D eigenvalue weighted by atomic mass is 32.2. The van der Waals surface area contributed by atoms with Crippen LogP contribution in [-0.2, 0) is 20.8 Å². The summed E-state index contributed by atoms with van der Waals surface area (Å²) in [6.45, 7) is 0.512. The van der Waals surface area contributed by atoms with Crippen molar-refractivity contribution in [3.8, 4) is 0 Å². The Balaban J connectivity index is 2.25. The maximum atomic E-state index is 10.9. The first-order valence-corrected chi connectivity index (χ1v) is 7.30. The van der Waals surface area contributed by atoms with Crippen LogP contribution in [0.4, 0.5) is 5.95 Å². The van der Waals surface area contributed by atoms with Crippen LogP contribution in [0.25, 0.3) is 11.0 Å². The standard InChI is InChI=1S/C11H15N3O3S/c1-12-11-13-9-5-3-4-6-10(9)14(11)7-8-17-18(2,15)16/h3-6H,7-8H2,1-2H3,(H,12,13). The summed E-state index contributed by atoms with van der Waals surface area (Å²) < 4.78 is 28.5. The molecule has 2 rings (SSSR count). The lowest BCUT2D eigenvalue weighted by molar-refractivity contribution is 0.306. The molecule has 1 heterocycles. The van der Waals surface area contributed by atoms with Gasteiger partial charge in [0.1, 0.15) is 0 Å². The second kappa shape index (κ2) is 4.95. The van der Waals surface area contributed by atoms with Crippen molar-refractivity contribution in [3.63, 3.8) is 0 Å². The van der Waals surface area contributed by atoms with E-state index in [1.54, 1.807) is 7.05 Å². The first-order chi connectivity index (χ1) is 8.51. The van der Waals surface area contributed by atoms with Crippen molar-refractivity contribution in [1.82, 2.24) is 9.55 Å². The number of benzene rings is 1. The van der Waals surface area contributed by atoms with Gasteiger partial charge in [0.05, 0.1) is 30.4 Å². The Kier molecular flexibility index (Phi) is 3.53. The smallest absolute Gasteiger partial charge is 0.264 e. The van der Waals surface area contributed by atoms with Crippen LogP contribution >= 0.6 is 0 Å². The third-order valence-corrected chi connectivity index (χ3v) is 3.09. The Morgan fingerprint density at radius 2 is 2.11 bits per heavy atom. The average Bonchev–Trinajstić information content (AvgIpc) is 2.66. The summed E-state index contributed by atoms with van der Waals surface area (Å²) in [6, 6.07) is 7.66. The van der Waals surface area contributed by atoms with Crippen LogP contribution in [0.3, 0.4) is 0 Å². The number of fused-ring (bicyclic) bond motifs is 1. The Hall–Kier alpha value is -1.60. The van der Waals surface area contributed by atoms with E-state index in [-0.39, 0.29) is 6.61 Å². The minimum atomic E-state index is -3.40. The van der Waals surface area contributed by atoms with Gasteiger partial charge in [0.2, 0.25) is 5.95 Å². The summed E-state index contributed by atoms with van der Waals surface area (Å²) in [6.07, 6.45) is 1.04. The molecule has 0 amide bonds. The molecular formula is C11H15N3O3S. The molecule has 0 spiro atoms. The number of rotatable bonds is 5. The Labute approximate surface area is 106 Å². The summed E-state index contributed by atoms with van der Waals surface area (Å²) in [5.74, 6) is 0.688. The Morgan fingerprint density at radius 3 is 2.78 bits per heavy atom. The van der Waals surface area contributed by atoms with Gasteiger partial charge in [-0.25, -0.2) is 4.98 Å². The molecule has 7 heteroatoms. The molecule has 0 aliphatic rings.